The summed E-state index contributed by atoms with van der Waals surface area (Å²) in [5.41, 5.74) is 2.60. The largest absolute Gasteiger partial charge is 0.381 e. The van der Waals surface area contributed by atoms with E-state index in [2.05, 4.69) is 10.3 Å². The number of anilines is 1. The van der Waals surface area contributed by atoms with E-state index in [9.17, 15) is 13.6 Å². The number of carbonyl (C=O) groups excluding carboxylic acids is 1. The zero-order valence-corrected chi connectivity index (χ0v) is 17.0. The van der Waals surface area contributed by atoms with Gasteiger partial charge in [-0.05, 0) is 24.6 Å². The van der Waals surface area contributed by atoms with Crippen LogP contribution in [0, 0.1) is 0 Å². The minimum atomic E-state index is -2.60. The number of carbonyl (C=O) groups is 1. The van der Waals surface area contributed by atoms with Gasteiger partial charge < -0.3 is 19.4 Å². The Bertz CT molecular complexity index is 1140. The second kappa shape index (κ2) is 7.97. The van der Waals surface area contributed by atoms with Crippen LogP contribution in [0.5, 0.6) is 0 Å². The molecule has 0 bridgehead atoms. The quantitative estimate of drug-likeness (QED) is 0.663. The van der Waals surface area contributed by atoms with Crippen LogP contribution < -0.4 is 5.32 Å². The number of ether oxygens (including phenoxy) is 2. The highest BCUT2D eigenvalue weighted by atomic mass is 19.3. The van der Waals surface area contributed by atoms with Crippen molar-refractivity contribution in [2.75, 3.05) is 31.7 Å². The molecular weight excluding hydrogens is 406 g/mol. The zero-order chi connectivity index (χ0) is 21.5. The van der Waals surface area contributed by atoms with Crippen molar-refractivity contribution >= 4 is 22.6 Å². The number of hydrogen-bond donors (Lipinski definition) is 1. The molecule has 1 N–H and O–H groups in total. The SMILES string of the molecule is CC(=O)Nc1cc2c(-c3cc(C(F)F)cc(C4CCOC4)n3)cn(C3COC3)c2cn1. The topological polar surface area (TPSA) is 78.3 Å². The van der Waals surface area contributed by atoms with Gasteiger partial charge in [0.05, 0.1) is 43.3 Å². The van der Waals surface area contributed by atoms with Crippen molar-refractivity contribution in [3.63, 3.8) is 0 Å². The lowest BCUT2D eigenvalue weighted by Crippen LogP contribution is -2.30. The van der Waals surface area contributed by atoms with Gasteiger partial charge in [-0.25, -0.2) is 13.8 Å². The van der Waals surface area contributed by atoms with E-state index in [1.807, 2.05) is 10.8 Å². The standard InChI is InChI=1S/C22H22F2N4O3/c1-12(29)26-21-6-16-17(8-28(15-10-31-11-15)20(16)7-25-21)19-5-14(22(23)24)4-18(27-19)13-2-3-30-9-13/h4-8,13,15,22H,2-3,9-11H2,1H3,(H,25,26,29). The monoisotopic (exact) mass is 428 g/mol. The lowest BCUT2D eigenvalue weighted by Gasteiger charge is -2.28. The molecule has 0 saturated carbocycles. The average molecular weight is 428 g/mol. The number of fused-ring (bicyclic) bond motifs is 1. The maximum Gasteiger partial charge on any atom is 0.263 e. The summed E-state index contributed by atoms with van der Waals surface area (Å²) in [7, 11) is 0. The van der Waals surface area contributed by atoms with Gasteiger partial charge in [-0.2, -0.15) is 0 Å². The Labute approximate surface area is 177 Å². The third-order valence-electron chi connectivity index (χ3n) is 5.78. The first kappa shape index (κ1) is 20.0. The number of nitrogens with one attached hydrogen (secondary N) is 1. The van der Waals surface area contributed by atoms with Gasteiger partial charge in [-0.15, -0.1) is 0 Å². The predicted octanol–water partition coefficient (Wildman–Crippen LogP) is 4.07. The van der Waals surface area contributed by atoms with Gasteiger partial charge in [0.15, 0.2) is 0 Å². The summed E-state index contributed by atoms with van der Waals surface area (Å²) >= 11 is 0. The van der Waals surface area contributed by atoms with E-state index >= 15 is 0 Å². The molecule has 162 valence electrons. The van der Waals surface area contributed by atoms with Gasteiger partial charge >= 0.3 is 0 Å². The van der Waals surface area contributed by atoms with E-state index in [0.29, 0.717) is 43.6 Å². The highest BCUT2D eigenvalue weighted by Gasteiger charge is 2.26. The minimum absolute atomic E-state index is 0.00226. The normalized spacial score (nSPS) is 19.2. The van der Waals surface area contributed by atoms with E-state index in [0.717, 1.165) is 22.9 Å². The third-order valence-corrected chi connectivity index (χ3v) is 5.78. The van der Waals surface area contributed by atoms with Gasteiger partial charge in [-0.1, -0.05) is 0 Å². The number of pyridine rings is 2. The first-order valence-corrected chi connectivity index (χ1v) is 10.2. The first-order chi connectivity index (χ1) is 15.0. The second-order valence-electron chi connectivity index (χ2n) is 7.98. The van der Waals surface area contributed by atoms with E-state index in [4.69, 9.17) is 14.5 Å². The van der Waals surface area contributed by atoms with Gasteiger partial charge in [0.1, 0.15) is 5.82 Å². The van der Waals surface area contributed by atoms with E-state index < -0.39 is 6.43 Å². The molecule has 2 saturated heterocycles. The van der Waals surface area contributed by atoms with Crippen LogP contribution in [0.2, 0.25) is 0 Å². The number of rotatable bonds is 5. The molecule has 0 aliphatic carbocycles. The maximum atomic E-state index is 13.7. The number of nitrogens with zero attached hydrogens (tertiary/aromatic N) is 3. The molecule has 2 aliphatic rings. The Morgan fingerprint density at radius 1 is 1.23 bits per heavy atom. The fourth-order valence-electron chi connectivity index (χ4n) is 4.10. The van der Waals surface area contributed by atoms with Crippen molar-refractivity contribution in [3.8, 4) is 11.3 Å². The van der Waals surface area contributed by atoms with Crippen LogP contribution in [-0.4, -0.2) is 46.9 Å². The summed E-state index contributed by atoms with van der Waals surface area (Å²) in [4.78, 5) is 20.6. The Balaban J connectivity index is 1.68. The van der Waals surface area contributed by atoms with Crippen LogP contribution in [-0.2, 0) is 14.3 Å². The number of halogens is 2. The Kier molecular flexibility index (Phi) is 5.15. The molecule has 5 rings (SSSR count). The lowest BCUT2D eigenvalue weighted by atomic mass is 10.0. The van der Waals surface area contributed by atoms with Gasteiger partial charge in [-0.3, -0.25) is 9.78 Å². The van der Waals surface area contributed by atoms with Crippen LogP contribution in [0.3, 0.4) is 0 Å². The summed E-state index contributed by atoms with van der Waals surface area (Å²) in [6, 6.07) is 4.83. The van der Waals surface area contributed by atoms with Gasteiger partial charge in [0, 0.05) is 47.9 Å². The molecule has 1 amide bonds. The summed E-state index contributed by atoms with van der Waals surface area (Å²) < 4.78 is 40.3. The summed E-state index contributed by atoms with van der Waals surface area (Å²) in [6.45, 7) is 3.65. The van der Waals surface area contributed by atoms with Crippen LogP contribution in [0.15, 0.2) is 30.6 Å². The predicted molar refractivity (Wildman–Crippen MR) is 110 cm³/mol. The van der Waals surface area contributed by atoms with Crippen LogP contribution in [0.25, 0.3) is 22.2 Å². The highest BCUT2D eigenvalue weighted by Crippen LogP contribution is 2.37. The lowest BCUT2D eigenvalue weighted by molar-refractivity contribution is -0.114. The van der Waals surface area contributed by atoms with Crippen molar-refractivity contribution in [1.29, 1.82) is 0 Å². The fourth-order valence-corrected chi connectivity index (χ4v) is 4.10. The minimum Gasteiger partial charge on any atom is -0.381 e. The average Bonchev–Trinajstić information content (AvgIpc) is 3.35. The fraction of sp³-hybridized carbons (Fsp3) is 0.409. The van der Waals surface area contributed by atoms with Crippen LogP contribution in [0.1, 0.15) is 43.0 Å². The van der Waals surface area contributed by atoms with Crippen molar-refractivity contribution in [1.82, 2.24) is 14.5 Å². The Morgan fingerprint density at radius 3 is 2.71 bits per heavy atom. The van der Waals surface area contributed by atoms with Crippen molar-refractivity contribution in [2.45, 2.75) is 31.7 Å². The molecule has 0 spiro atoms. The van der Waals surface area contributed by atoms with Crippen molar-refractivity contribution < 1.29 is 23.0 Å². The molecule has 1 atom stereocenters. The second-order valence-corrected chi connectivity index (χ2v) is 7.98. The number of hydrogen-bond acceptors (Lipinski definition) is 5. The van der Waals surface area contributed by atoms with Crippen LogP contribution in [0.4, 0.5) is 14.6 Å². The van der Waals surface area contributed by atoms with Crippen molar-refractivity contribution in [3.05, 3.63) is 41.9 Å². The summed E-state index contributed by atoms with van der Waals surface area (Å²) in [5.74, 6) is 0.169. The molecule has 2 aliphatic heterocycles. The van der Waals surface area contributed by atoms with Gasteiger partial charge in [0.2, 0.25) is 5.91 Å². The number of amides is 1. The van der Waals surface area contributed by atoms with Gasteiger partial charge in [0.25, 0.3) is 6.43 Å². The number of alkyl halides is 2. The maximum absolute atomic E-state index is 13.7. The molecular formula is C22H22F2N4O3. The molecule has 0 aromatic carbocycles. The Morgan fingerprint density at radius 2 is 2.06 bits per heavy atom. The molecule has 5 heterocycles. The van der Waals surface area contributed by atoms with E-state index in [-0.39, 0.29) is 23.4 Å². The molecule has 9 heteroatoms. The smallest absolute Gasteiger partial charge is 0.263 e. The molecule has 2 fully saturated rings. The molecule has 0 radical (unpaired) electrons. The molecule has 7 nitrogen and oxygen atoms in total. The zero-order valence-electron chi connectivity index (χ0n) is 17.0. The number of aromatic nitrogens is 3. The summed E-state index contributed by atoms with van der Waals surface area (Å²) in [6.07, 6.45) is 1.76. The highest BCUT2D eigenvalue weighted by molar-refractivity contribution is 5.98. The molecule has 3 aromatic heterocycles. The molecule has 1 unspecified atom stereocenters. The third kappa shape index (κ3) is 3.79. The summed E-state index contributed by atoms with van der Waals surface area (Å²) in [5, 5.41) is 3.48. The van der Waals surface area contributed by atoms with E-state index in [1.165, 1.54) is 19.1 Å². The van der Waals surface area contributed by atoms with Crippen LogP contribution >= 0.6 is 0 Å². The first-order valence-electron chi connectivity index (χ1n) is 10.2. The molecule has 31 heavy (non-hydrogen) atoms. The van der Waals surface area contributed by atoms with Crippen molar-refractivity contribution in [2.24, 2.45) is 0 Å². The molecule has 3 aromatic rings. The Hall–Kier alpha value is -2.91. The van der Waals surface area contributed by atoms with E-state index in [1.54, 1.807) is 12.3 Å².